The monoisotopic (exact) mass is 436 g/mol. The van der Waals surface area contributed by atoms with E-state index in [0.717, 1.165) is 73.9 Å². The molecule has 0 amide bonds. The summed E-state index contributed by atoms with van der Waals surface area (Å²) in [5, 5.41) is 0.965. The van der Waals surface area contributed by atoms with Crippen molar-refractivity contribution in [3.63, 3.8) is 0 Å². The maximum absolute atomic E-state index is 13.5. The normalized spacial score (nSPS) is 33.8. The molecule has 1 aliphatic heterocycles. The summed E-state index contributed by atoms with van der Waals surface area (Å²) in [5.41, 5.74) is 2.28. The molecular formula is C26H32N2O2S. The second kappa shape index (κ2) is 8.08. The lowest BCUT2D eigenvalue weighted by atomic mass is 9.48. The lowest BCUT2D eigenvalue weighted by molar-refractivity contribution is -0.141. The first-order chi connectivity index (χ1) is 15.2. The average Bonchev–Trinajstić information content (AvgIpc) is 3.42. The van der Waals surface area contributed by atoms with Crippen LogP contribution in [0.1, 0.15) is 51.4 Å². The van der Waals surface area contributed by atoms with Gasteiger partial charge >= 0.3 is 0 Å². The zero-order valence-electron chi connectivity index (χ0n) is 18.2. The maximum Gasteiger partial charge on any atom is 0.168 e. The first-order valence-corrected chi connectivity index (χ1v) is 13.1. The number of thioether (sulfide) groups is 1. The standard InChI is InChI=1S/C26H32N2O2S/c29-24(26-12-18-9-19(13-26)11-20(10-18)14-26)17-31-25-27-15-23(21-5-2-1-3-6-21)28(25)16-22-7-4-8-30-22/h1-3,5-6,15,18-20,22H,4,7-14,16-17H2. The molecule has 2 heterocycles. The number of carbonyl (C=O) groups is 1. The number of hydrogen-bond donors (Lipinski definition) is 0. The zero-order valence-corrected chi connectivity index (χ0v) is 19.0. The van der Waals surface area contributed by atoms with Gasteiger partial charge in [-0.3, -0.25) is 4.79 Å². The van der Waals surface area contributed by atoms with E-state index in [1.54, 1.807) is 11.8 Å². The largest absolute Gasteiger partial charge is 0.376 e. The van der Waals surface area contributed by atoms with Gasteiger partial charge in [-0.15, -0.1) is 0 Å². The van der Waals surface area contributed by atoms with Crippen LogP contribution in [0.5, 0.6) is 0 Å². The predicted octanol–water partition coefficient (Wildman–Crippen LogP) is 5.61. The maximum atomic E-state index is 13.5. The highest BCUT2D eigenvalue weighted by atomic mass is 32.2. The van der Waals surface area contributed by atoms with Crippen LogP contribution in [-0.2, 0) is 16.1 Å². The van der Waals surface area contributed by atoms with Crippen molar-refractivity contribution < 1.29 is 9.53 Å². The minimum absolute atomic E-state index is 0.0179. The quantitative estimate of drug-likeness (QED) is 0.530. The van der Waals surface area contributed by atoms with Gasteiger partial charge in [0.15, 0.2) is 5.16 Å². The van der Waals surface area contributed by atoms with E-state index in [0.29, 0.717) is 11.5 Å². The van der Waals surface area contributed by atoms with Gasteiger partial charge in [-0.1, -0.05) is 42.1 Å². The van der Waals surface area contributed by atoms with Crippen LogP contribution in [0, 0.1) is 23.2 Å². The Kier molecular flexibility index (Phi) is 5.22. The fourth-order valence-electron chi connectivity index (χ4n) is 7.22. The summed E-state index contributed by atoms with van der Waals surface area (Å²) < 4.78 is 8.23. The Hall–Kier alpha value is -1.59. The van der Waals surface area contributed by atoms with E-state index in [1.165, 1.54) is 24.8 Å². The number of rotatable bonds is 7. The molecule has 1 unspecified atom stereocenters. The molecule has 4 nitrogen and oxygen atoms in total. The molecule has 4 bridgehead atoms. The molecule has 5 fully saturated rings. The number of carbonyl (C=O) groups excluding carboxylic acids is 1. The van der Waals surface area contributed by atoms with Crippen LogP contribution >= 0.6 is 11.8 Å². The van der Waals surface area contributed by atoms with Crippen LogP contribution < -0.4 is 0 Å². The first-order valence-electron chi connectivity index (χ1n) is 12.1. The highest BCUT2D eigenvalue weighted by Gasteiger charge is 2.54. The van der Waals surface area contributed by atoms with Gasteiger partial charge in [0.25, 0.3) is 0 Å². The number of imidazole rings is 1. The number of ether oxygens (including phenoxy) is 1. The summed E-state index contributed by atoms with van der Waals surface area (Å²) in [5.74, 6) is 3.48. The Balaban J connectivity index is 1.22. The molecule has 5 aliphatic rings. The summed E-state index contributed by atoms with van der Waals surface area (Å²) >= 11 is 1.65. The van der Waals surface area contributed by atoms with Crippen LogP contribution in [0.4, 0.5) is 0 Å². The molecule has 164 valence electrons. The number of ketones is 1. The second-order valence-corrected chi connectivity index (χ2v) is 11.4. The number of nitrogens with zero attached hydrogens (tertiary/aromatic N) is 2. The van der Waals surface area contributed by atoms with Crippen molar-refractivity contribution in [2.45, 2.75) is 69.2 Å². The van der Waals surface area contributed by atoms with Gasteiger partial charge < -0.3 is 9.30 Å². The molecule has 4 aliphatic carbocycles. The van der Waals surface area contributed by atoms with Crippen molar-refractivity contribution in [3.8, 4) is 11.3 Å². The van der Waals surface area contributed by atoms with Crippen molar-refractivity contribution in [3.05, 3.63) is 36.5 Å². The SMILES string of the molecule is O=C(CSc1ncc(-c2ccccc2)n1CC1CCCO1)C12CC3CC(CC(C3)C1)C2. The van der Waals surface area contributed by atoms with Crippen molar-refractivity contribution in [2.75, 3.05) is 12.4 Å². The second-order valence-electron chi connectivity index (χ2n) is 10.4. The minimum atomic E-state index is -0.0179. The topological polar surface area (TPSA) is 44.1 Å². The summed E-state index contributed by atoms with van der Waals surface area (Å²) in [7, 11) is 0. The minimum Gasteiger partial charge on any atom is -0.376 e. The van der Waals surface area contributed by atoms with Gasteiger partial charge in [-0.05, 0) is 74.7 Å². The van der Waals surface area contributed by atoms with E-state index in [1.807, 2.05) is 12.3 Å². The highest BCUT2D eigenvalue weighted by Crippen LogP contribution is 2.60. The lowest BCUT2D eigenvalue weighted by Crippen LogP contribution is -2.50. The summed E-state index contributed by atoms with van der Waals surface area (Å²) in [6.45, 7) is 1.67. The first kappa shape index (κ1) is 20.0. The molecule has 2 aromatic rings. The number of benzene rings is 1. The third kappa shape index (κ3) is 3.78. The van der Waals surface area contributed by atoms with E-state index in [9.17, 15) is 4.79 Å². The molecule has 5 heteroatoms. The number of hydrogen-bond acceptors (Lipinski definition) is 4. The van der Waals surface area contributed by atoms with E-state index in [2.05, 4.69) is 28.8 Å². The summed E-state index contributed by atoms with van der Waals surface area (Å²) in [6.07, 6.45) is 12.0. The van der Waals surface area contributed by atoms with Crippen molar-refractivity contribution in [1.29, 1.82) is 0 Å². The van der Waals surface area contributed by atoms with E-state index >= 15 is 0 Å². The van der Waals surface area contributed by atoms with Gasteiger partial charge in [0.2, 0.25) is 0 Å². The van der Waals surface area contributed by atoms with Crippen LogP contribution in [-0.4, -0.2) is 33.8 Å². The van der Waals surface area contributed by atoms with Gasteiger partial charge in [-0.25, -0.2) is 4.98 Å². The van der Waals surface area contributed by atoms with Gasteiger partial charge in [0.1, 0.15) is 5.78 Å². The molecule has 0 N–H and O–H groups in total. The highest BCUT2D eigenvalue weighted by molar-refractivity contribution is 7.99. The van der Waals surface area contributed by atoms with Crippen LogP contribution in [0.2, 0.25) is 0 Å². The van der Waals surface area contributed by atoms with Gasteiger partial charge in [0, 0.05) is 12.0 Å². The molecule has 0 spiro atoms. The fourth-order valence-corrected chi connectivity index (χ4v) is 8.24. The Morgan fingerprint density at radius 3 is 2.45 bits per heavy atom. The average molecular weight is 437 g/mol. The van der Waals surface area contributed by atoms with Crippen molar-refractivity contribution >= 4 is 17.5 Å². The lowest BCUT2D eigenvalue weighted by Gasteiger charge is -2.56. The molecule has 1 atom stereocenters. The van der Waals surface area contributed by atoms with E-state index < -0.39 is 0 Å². The number of Topliss-reactive ketones (excluding diaryl/α,β-unsaturated/α-hetero) is 1. The molecule has 0 radical (unpaired) electrons. The molecule has 1 aromatic carbocycles. The summed E-state index contributed by atoms with van der Waals surface area (Å²) in [4.78, 5) is 18.3. The third-order valence-electron chi connectivity index (χ3n) is 8.26. The number of aromatic nitrogens is 2. The fraction of sp³-hybridized carbons (Fsp3) is 0.615. The van der Waals surface area contributed by atoms with Crippen LogP contribution in [0.25, 0.3) is 11.3 Å². The molecule has 31 heavy (non-hydrogen) atoms. The molecule has 7 rings (SSSR count). The Morgan fingerprint density at radius 1 is 1.10 bits per heavy atom. The zero-order chi connectivity index (χ0) is 20.8. The van der Waals surface area contributed by atoms with Gasteiger partial charge in [0.05, 0.1) is 30.3 Å². The third-order valence-corrected chi connectivity index (χ3v) is 9.25. The Labute approximate surface area is 189 Å². The Bertz CT molecular complexity index is 912. The van der Waals surface area contributed by atoms with E-state index in [-0.39, 0.29) is 11.5 Å². The van der Waals surface area contributed by atoms with Gasteiger partial charge in [-0.2, -0.15) is 0 Å². The summed E-state index contributed by atoms with van der Waals surface area (Å²) in [6, 6.07) is 10.5. The van der Waals surface area contributed by atoms with E-state index in [4.69, 9.17) is 9.72 Å². The van der Waals surface area contributed by atoms with Crippen molar-refractivity contribution in [2.24, 2.45) is 23.2 Å². The molecule has 4 saturated carbocycles. The molecule has 1 aromatic heterocycles. The molecule has 1 saturated heterocycles. The van der Waals surface area contributed by atoms with Crippen molar-refractivity contribution in [1.82, 2.24) is 9.55 Å². The smallest absolute Gasteiger partial charge is 0.168 e. The van der Waals surface area contributed by atoms with Crippen LogP contribution in [0.3, 0.4) is 0 Å². The predicted molar refractivity (Wildman–Crippen MR) is 123 cm³/mol. The van der Waals surface area contributed by atoms with Crippen LogP contribution in [0.15, 0.2) is 41.7 Å². The molecular weight excluding hydrogens is 404 g/mol. The Morgan fingerprint density at radius 2 is 1.81 bits per heavy atom.